The lowest BCUT2D eigenvalue weighted by atomic mass is 10.2. The van der Waals surface area contributed by atoms with Crippen LogP contribution in [0.3, 0.4) is 0 Å². The Kier molecular flexibility index (Phi) is 8.69. The van der Waals surface area contributed by atoms with E-state index in [1.807, 2.05) is 24.3 Å². The Hall–Kier alpha value is -2.62. The summed E-state index contributed by atoms with van der Waals surface area (Å²) in [5, 5.41) is 22.3. The zero-order valence-electron chi connectivity index (χ0n) is 18.0. The summed E-state index contributed by atoms with van der Waals surface area (Å²) in [5.74, 6) is 1.09. The minimum absolute atomic E-state index is 0.0893. The van der Waals surface area contributed by atoms with E-state index in [4.69, 9.17) is 19.7 Å². The third-order valence-corrected chi connectivity index (χ3v) is 5.41. The highest BCUT2D eigenvalue weighted by Gasteiger charge is 2.19. The highest BCUT2D eigenvalue weighted by molar-refractivity contribution is 5.70. The van der Waals surface area contributed by atoms with Crippen LogP contribution in [0.4, 0.5) is 4.79 Å². The maximum atomic E-state index is 12.1. The van der Waals surface area contributed by atoms with Crippen LogP contribution in [-0.4, -0.2) is 87.9 Å². The summed E-state index contributed by atoms with van der Waals surface area (Å²) in [6, 6.07) is 8.25. The van der Waals surface area contributed by atoms with E-state index in [-0.39, 0.29) is 32.1 Å². The van der Waals surface area contributed by atoms with Gasteiger partial charge in [-0.15, -0.1) is 0 Å². The van der Waals surface area contributed by atoms with Crippen molar-refractivity contribution < 1.29 is 24.5 Å². The Morgan fingerprint density at radius 3 is 2.58 bits per heavy atom. The Balaban J connectivity index is 1.47. The zero-order valence-corrected chi connectivity index (χ0v) is 18.0. The van der Waals surface area contributed by atoms with Gasteiger partial charge in [0.25, 0.3) is 0 Å². The Labute approximate surface area is 182 Å². The fourth-order valence-electron chi connectivity index (χ4n) is 3.68. The van der Waals surface area contributed by atoms with Crippen LogP contribution in [0.5, 0.6) is 11.5 Å². The number of hydrogen-bond acceptors (Lipinski definition) is 7. The van der Waals surface area contributed by atoms with E-state index in [1.165, 1.54) is 30.5 Å². The van der Waals surface area contributed by atoms with Gasteiger partial charge in [0.2, 0.25) is 0 Å². The van der Waals surface area contributed by atoms with Gasteiger partial charge in [0.15, 0.2) is 5.75 Å². The average molecular weight is 433 g/mol. The molecule has 1 aliphatic rings. The maximum absolute atomic E-state index is 12.1. The van der Waals surface area contributed by atoms with Crippen LogP contribution in [0.25, 0.3) is 5.69 Å². The molecule has 9 heteroatoms. The quantitative estimate of drug-likeness (QED) is 0.523. The molecule has 1 saturated heterocycles. The molecule has 31 heavy (non-hydrogen) atoms. The van der Waals surface area contributed by atoms with E-state index in [0.717, 1.165) is 24.4 Å². The number of ether oxygens (including phenoxy) is 2. The average Bonchev–Trinajstić information content (AvgIpc) is 3.40. The van der Waals surface area contributed by atoms with E-state index < -0.39 is 6.09 Å². The third kappa shape index (κ3) is 6.68. The fraction of sp³-hybridized carbons (Fsp3) is 0.545. The molecule has 1 aromatic carbocycles. The number of rotatable bonds is 11. The molecule has 1 aromatic heterocycles. The number of benzene rings is 1. The molecule has 1 amide bonds. The number of nitrogens with zero attached hydrogens (tertiary/aromatic N) is 4. The Morgan fingerprint density at radius 1 is 1.19 bits per heavy atom. The number of hydrogen-bond donors (Lipinski definition) is 2. The second kappa shape index (κ2) is 11.7. The van der Waals surface area contributed by atoms with Crippen molar-refractivity contribution in [2.24, 2.45) is 0 Å². The fourth-order valence-corrected chi connectivity index (χ4v) is 3.68. The maximum Gasteiger partial charge on any atom is 0.415 e. The first-order valence-electron chi connectivity index (χ1n) is 10.8. The minimum atomic E-state index is -0.644. The van der Waals surface area contributed by atoms with Crippen LogP contribution in [0.15, 0.2) is 36.7 Å². The van der Waals surface area contributed by atoms with Gasteiger partial charge in [0.1, 0.15) is 5.75 Å². The second-order valence-corrected chi connectivity index (χ2v) is 7.65. The van der Waals surface area contributed by atoms with Gasteiger partial charge in [0, 0.05) is 25.7 Å². The van der Waals surface area contributed by atoms with Crippen molar-refractivity contribution in [1.29, 1.82) is 0 Å². The molecule has 2 aromatic rings. The number of aromatic nitrogens is 2. The van der Waals surface area contributed by atoms with Gasteiger partial charge in [-0.1, -0.05) is 0 Å². The molecule has 170 valence electrons. The molecule has 0 bridgehead atoms. The van der Waals surface area contributed by atoms with E-state index in [0.29, 0.717) is 12.6 Å². The van der Waals surface area contributed by atoms with Crippen LogP contribution in [0, 0.1) is 0 Å². The summed E-state index contributed by atoms with van der Waals surface area (Å²) >= 11 is 0. The van der Waals surface area contributed by atoms with Crippen molar-refractivity contribution >= 4 is 6.09 Å². The van der Waals surface area contributed by atoms with Crippen LogP contribution in [-0.2, 0) is 0 Å². The Bertz CT molecular complexity index is 804. The summed E-state index contributed by atoms with van der Waals surface area (Å²) in [4.78, 5) is 15.9. The standard InChI is InChI=1S/C22H32N4O5/c1-18-4-2-9-24(18)10-3-15-30-20-7-5-19(6-8-20)26-17-21(16-23-26)31-22(29)25(11-13-27)12-14-28/h5-8,16-18,27-28H,2-4,9-15H2,1H3/t18-/m1/s1. The minimum Gasteiger partial charge on any atom is -0.494 e. The number of likely N-dealkylation sites (tertiary alicyclic amines) is 1. The van der Waals surface area contributed by atoms with Crippen molar-refractivity contribution in [1.82, 2.24) is 19.6 Å². The second-order valence-electron chi connectivity index (χ2n) is 7.65. The van der Waals surface area contributed by atoms with Crippen LogP contribution < -0.4 is 9.47 Å². The third-order valence-electron chi connectivity index (χ3n) is 5.41. The summed E-state index contributed by atoms with van der Waals surface area (Å²) < 4.78 is 12.7. The highest BCUT2D eigenvalue weighted by Crippen LogP contribution is 2.19. The summed E-state index contributed by atoms with van der Waals surface area (Å²) in [7, 11) is 0. The monoisotopic (exact) mass is 432 g/mol. The largest absolute Gasteiger partial charge is 0.494 e. The number of amides is 1. The van der Waals surface area contributed by atoms with Crippen molar-refractivity contribution in [3.63, 3.8) is 0 Å². The lowest BCUT2D eigenvalue weighted by molar-refractivity contribution is 0.125. The highest BCUT2D eigenvalue weighted by atomic mass is 16.6. The summed E-state index contributed by atoms with van der Waals surface area (Å²) in [5.41, 5.74) is 0.808. The van der Waals surface area contributed by atoms with Crippen molar-refractivity contribution in [2.45, 2.75) is 32.2 Å². The predicted molar refractivity (Wildman–Crippen MR) is 116 cm³/mol. The number of carbonyl (C=O) groups is 1. The van der Waals surface area contributed by atoms with Gasteiger partial charge in [-0.3, -0.25) is 0 Å². The van der Waals surface area contributed by atoms with E-state index in [2.05, 4.69) is 16.9 Å². The molecule has 0 unspecified atom stereocenters. The molecule has 1 aliphatic heterocycles. The van der Waals surface area contributed by atoms with Crippen LogP contribution in [0.1, 0.15) is 26.2 Å². The lowest BCUT2D eigenvalue weighted by Crippen LogP contribution is -2.37. The van der Waals surface area contributed by atoms with Crippen LogP contribution >= 0.6 is 0 Å². The normalized spacial score (nSPS) is 16.4. The molecule has 2 heterocycles. The topological polar surface area (TPSA) is 100 Å². The number of carbonyl (C=O) groups excluding carboxylic acids is 1. The molecule has 1 atom stereocenters. The molecule has 0 radical (unpaired) electrons. The first kappa shape index (κ1) is 23.1. The van der Waals surface area contributed by atoms with E-state index in [1.54, 1.807) is 10.9 Å². The van der Waals surface area contributed by atoms with Crippen molar-refractivity contribution in [2.75, 3.05) is 46.0 Å². The molecule has 0 saturated carbocycles. The van der Waals surface area contributed by atoms with Gasteiger partial charge in [-0.2, -0.15) is 5.10 Å². The molecule has 1 fully saturated rings. The zero-order chi connectivity index (χ0) is 22.1. The van der Waals surface area contributed by atoms with Gasteiger partial charge >= 0.3 is 6.09 Å². The molecule has 0 spiro atoms. The van der Waals surface area contributed by atoms with Gasteiger partial charge < -0.3 is 29.5 Å². The molecule has 9 nitrogen and oxygen atoms in total. The van der Waals surface area contributed by atoms with Crippen molar-refractivity contribution in [3.05, 3.63) is 36.7 Å². The molecule has 3 rings (SSSR count). The smallest absolute Gasteiger partial charge is 0.415 e. The number of aliphatic hydroxyl groups excluding tert-OH is 2. The molecule has 2 N–H and O–H groups in total. The molecule has 0 aliphatic carbocycles. The van der Waals surface area contributed by atoms with Gasteiger partial charge in [-0.25, -0.2) is 9.48 Å². The molecular formula is C22H32N4O5. The van der Waals surface area contributed by atoms with Gasteiger partial charge in [-0.05, 0) is 57.0 Å². The van der Waals surface area contributed by atoms with Crippen LogP contribution in [0.2, 0.25) is 0 Å². The first-order valence-corrected chi connectivity index (χ1v) is 10.8. The van der Waals surface area contributed by atoms with Gasteiger partial charge in [0.05, 0.1) is 37.9 Å². The first-order chi connectivity index (χ1) is 15.1. The number of aliphatic hydroxyl groups is 2. The summed E-state index contributed by atoms with van der Waals surface area (Å²) in [6.07, 6.45) is 5.99. The Morgan fingerprint density at radius 2 is 1.94 bits per heavy atom. The summed E-state index contributed by atoms with van der Waals surface area (Å²) in [6.45, 7) is 5.00. The van der Waals surface area contributed by atoms with E-state index in [9.17, 15) is 4.79 Å². The van der Waals surface area contributed by atoms with Crippen molar-refractivity contribution in [3.8, 4) is 17.2 Å². The molecular weight excluding hydrogens is 400 g/mol. The predicted octanol–water partition coefficient (Wildman–Crippen LogP) is 1.91. The lowest BCUT2D eigenvalue weighted by Gasteiger charge is -2.20. The van der Waals surface area contributed by atoms with E-state index >= 15 is 0 Å². The SMILES string of the molecule is C[C@@H]1CCCN1CCCOc1ccc(-n2cc(OC(=O)N(CCO)CCO)cn2)cc1.